The molecule has 0 radical (unpaired) electrons. The number of hydrogen-bond donors (Lipinski definition) is 1. The lowest BCUT2D eigenvalue weighted by Gasteiger charge is -2.33. The number of amides is 2. The van der Waals surface area contributed by atoms with Crippen LogP contribution in [0.1, 0.15) is 18.9 Å². The van der Waals surface area contributed by atoms with Gasteiger partial charge in [-0.25, -0.2) is 19.2 Å². The van der Waals surface area contributed by atoms with Crippen LogP contribution in [0.4, 0.5) is 15.0 Å². The van der Waals surface area contributed by atoms with E-state index in [0.717, 1.165) is 12.0 Å². The summed E-state index contributed by atoms with van der Waals surface area (Å²) in [5.74, 6) is 0.718. The maximum absolute atomic E-state index is 13.3. The molecule has 1 aromatic carbocycles. The topological polar surface area (TPSA) is 67.3 Å². The van der Waals surface area contributed by atoms with Crippen molar-refractivity contribution >= 4 is 17.9 Å². The highest BCUT2D eigenvalue weighted by Gasteiger charge is 2.24. The summed E-state index contributed by atoms with van der Waals surface area (Å²) in [5, 5.41) is 2.74. The first-order chi connectivity index (χ1) is 12.5. The van der Waals surface area contributed by atoms with E-state index in [9.17, 15) is 9.18 Å². The molecule has 1 N–H and O–H groups in total. The normalized spacial score (nSPS) is 18.7. The third-order valence-electron chi connectivity index (χ3n) is 4.36. The van der Waals surface area contributed by atoms with E-state index in [-0.39, 0.29) is 17.8 Å². The zero-order chi connectivity index (χ0) is 18.5. The number of nitrogens with one attached hydrogen (secondary N) is 1. The number of rotatable bonds is 3. The number of benzene rings is 1. The molecular weight excluding hydrogens is 335 g/mol. The van der Waals surface area contributed by atoms with E-state index in [4.69, 9.17) is 4.74 Å². The number of halogens is 1. The van der Waals surface area contributed by atoms with Crippen LogP contribution in [0.5, 0.6) is 5.88 Å². The average molecular weight is 356 g/mol. The number of aromatic nitrogens is 2. The molecule has 2 heterocycles. The van der Waals surface area contributed by atoms with Gasteiger partial charge in [0.1, 0.15) is 5.82 Å². The molecule has 1 aliphatic rings. The summed E-state index contributed by atoms with van der Waals surface area (Å²) in [5.41, 5.74) is 2.06. The van der Waals surface area contributed by atoms with Crippen molar-refractivity contribution in [3.63, 3.8) is 0 Å². The van der Waals surface area contributed by atoms with Crippen LogP contribution in [0.25, 0.3) is 6.08 Å². The van der Waals surface area contributed by atoms with Crippen LogP contribution < -0.4 is 10.1 Å². The zero-order valence-corrected chi connectivity index (χ0v) is 14.8. The van der Waals surface area contributed by atoms with Crippen molar-refractivity contribution in [2.45, 2.75) is 13.3 Å². The molecule has 6 nitrogen and oxygen atoms in total. The van der Waals surface area contributed by atoms with E-state index in [1.807, 2.05) is 12.1 Å². The second kappa shape index (κ2) is 7.95. The molecule has 1 aliphatic heterocycles. The summed E-state index contributed by atoms with van der Waals surface area (Å²) in [4.78, 5) is 22.3. The van der Waals surface area contributed by atoms with Gasteiger partial charge in [-0.15, -0.1) is 0 Å². The molecule has 1 saturated heterocycles. The van der Waals surface area contributed by atoms with E-state index < -0.39 is 0 Å². The van der Waals surface area contributed by atoms with E-state index in [0.29, 0.717) is 24.8 Å². The number of piperidine rings is 1. The lowest BCUT2D eigenvalue weighted by Crippen LogP contribution is -2.42. The Hall–Kier alpha value is -2.96. The second-order valence-electron chi connectivity index (χ2n) is 6.25. The van der Waals surface area contributed by atoms with E-state index >= 15 is 0 Å². The standard InChI is InChI=1S/C19H21FN4O2/c1-13-12-24(19(25)23-17-10-22-18(26-2)11-21-17)7-6-15(13)8-14-4-3-5-16(20)9-14/h3-5,8-11,13H,6-7,12H2,1-2H3,(H,21,23,25). The first-order valence-corrected chi connectivity index (χ1v) is 8.43. The van der Waals surface area contributed by atoms with Gasteiger partial charge in [-0.1, -0.05) is 30.7 Å². The van der Waals surface area contributed by atoms with Crippen LogP contribution >= 0.6 is 0 Å². The molecule has 2 amide bonds. The molecule has 1 atom stereocenters. The molecule has 2 aromatic rings. The molecule has 1 fully saturated rings. The summed E-state index contributed by atoms with van der Waals surface area (Å²) < 4.78 is 18.3. The number of ether oxygens (including phenoxy) is 1. The molecule has 3 rings (SSSR count). The minimum absolute atomic E-state index is 0.194. The zero-order valence-electron chi connectivity index (χ0n) is 14.8. The van der Waals surface area contributed by atoms with Gasteiger partial charge in [0.05, 0.1) is 19.5 Å². The lowest BCUT2D eigenvalue weighted by molar-refractivity contribution is 0.197. The Morgan fingerprint density at radius 3 is 2.88 bits per heavy atom. The molecule has 7 heteroatoms. The summed E-state index contributed by atoms with van der Waals surface area (Å²) in [6.07, 6.45) is 5.67. The SMILES string of the molecule is COc1cnc(NC(=O)N2CCC(=Cc3cccc(F)c3)C(C)C2)cn1. The van der Waals surface area contributed by atoms with Gasteiger partial charge in [-0.2, -0.15) is 0 Å². The molecule has 26 heavy (non-hydrogen) atoms. The van der Waals surface area contributed by atoms with Crippen molar-refractivity contribution in [3.8, 4) is 5.88 Å². The van der Waals surface area contributed by atoms with Gasteiger partial charge in [-0.3, -0.25) is 5.32 Å². The van der Waals surface area contributed by atoms with Crippen LogP contribution in [-0.2, 0) is 0 Å². The Kier molecular flexibility index (Phi) is 5.46. The Morgan fingerprint density at radius 1 is 1.38 bits per heavy atom. The van der Waals surface area contributed by atoms with Crippen molar-refractivity contribution < 1.29 is 13.9 Å². The average Bonchev–Trinajstić information content (AvgIpc) is 2.64. The number of hydrogen-bond acceptors (Lipinski definition) is 4. The minimum atomic E-state index is -0.246. The van der Waals surface area contributed by atoms with E-state index in [2.05, 4.69) is 22.2 Å². The van der Waals surface area contributed by atoms with Crippen molar-refractivity contribution in [1.82, 2.24) is 14.9 Å². The largest absolute Gasteiger partial charge is 0.480 e. The fourth-order valence-electron chi connectivity index (χ4n) is 2.93. The van der Waals surface area contributed by atoms with Crippen LogP contribution in [0.15, 0.2) is 42.2 Å². The highest BCUT2D eigenvalue weighted by atomic mass is 19.1. The quantitative estimate of drug-likeness (QED) is 0.913. The highest BCUT2D eigenvalue weighted by Crippen LogP contribution is 2.25. The first kappa shape index (κ1) is 17.8. The van der Waals surface area contributed by atoms with Crippen LogP contribution in [0.3, 0.4) is 0 Å². The predicted octanol–water partition coefficient (Wildman–Crippen LogP) is 3.58. The van der Waals surface area contributed by atoms with Gasteiger partial charge in [0.25, 0.3) is 0 Å². The molecule has 1 aromatic heterocycles. The second-order valence-corrected chi connectivity index (χ2v) is 6.25. The third kappa shape index (κ3) is 4.36. The Morgan fingerprint density at radius 2 is 2.23 bits per heavy atom. The Bertz CT molecular complexity index is 807. The smallest absolute Gasteiger partial charge is 0.323 e. The van der Waals surface area contributed by atoms with Crippen molar-refractivity contribution in [2.24, 2.45) is 5.92 Å². The summed E-state index contributed by atoms with van der Waals surface area (Å²) in [7, 11) is 1.51. The maximum atomic E-state index is 13.3. The van der Waals surface area contributed by atoms with Gasteiger partial charge in [-0.05, 0) is 30.0 Å². The Balaban J connectivity index is 1.61. The monoisotopic (exact) mass is 356 g/mol. The van der Waals surface area contributed by atoms with Crippen molar-refractivity contribution in [2.75, 3.05) is 25.5 Å². The molecule has 0 bridgehead atoms. The summed E-state index contributed by atoms with van der Waals surface area (Å²) in [6, 6.07) is 6.32. The number of methoxy groups -OCH3 is 1. The molecule has 0 aliphatic carbocycles. The Labute approximate surface area is 151 Å². The molecule has 136 valence electrons. The van der Waals surface area contributed by atoms with Gasteiger partial charge in [0.2, 0.25) is 5.88 Å². The fourth-order valence-corrected chi connectivity index (χ4v) is 2.93. The van der Waals surface area contributed by atoms with Crippen LogP contribution in [0, 0.1) is 11.7 Å². The van der Waals surface area contributed by atoms with Crippen LogP contribution in [0.2, 0.25) is 0 Å². The predicted molar refractivity (Wildman–Crippen MR) is 97.3 cm³/mol. The fraction of sp³-hybridized carbons (Fsp3) is 0.316. The van der Waals surface area contributed by atoms with E-state index in [1.54, 1.807) is 11.0 Å². The molecule has 0 saturated carbocycles. The third-order valence-corrected chi connectivity index (χ3v) is 4.36. The highest BCUT2D eigenvalue weighted by molar-refractivity contribution is 5.88. The van der Waals surface area contributed by atoms with Crippen LogP contribution in [-0.4, -0.2) is 41.1 Å². The maximum Gasteiger partial charge on any atom is 0.323 e. The molecule has 1 unspecified atom stereocenters. The lowest BCUT2D eigenvalue weighted by atomic mass is 9.91. The number of nitrogens with zero attached hydrogens (tertiary/aromatic N) is 3. The number of likely N-dealkylation sites (tertiary alicyclic amines) is 1. The number of anilines is 1. The van der Waals surface area contributed by atoms with E-state index in [1.165, 1.54) is 37.2 Å². The molecule has 0 spiro atoms. The van der Waals surface area contributed by atoms with Gasteiger partial charge < -0.3 is 9.64 Å². The summed E-state index contributed by atoms with van der Waals surface area (Å²) >= 11 is 0. The van der Waals surface area contributed by atoms with Crippen molar-refractivity contribution in [1.29, 1.82) is 0 Å². The van der Waals surface area contributed by atoms with Crippen molar-refractivity contribution in [3.05, 3.63) is 53.6 Å². The molecular formula is C19H21FN4O2. The number of urea groups is 1. The van der Waals surface area contributed by atoms with Gasteiger partial charge in [0.15, 0.2) is 5.82 Å². The first-order valence-electron chi connectivity index (χ1n) is 8.43. The summed E-state index contributed by atoms with van der Waals surface area (Å²) in [6.45, 7) is 3.26. The number of carbonyl (C=O) groups is 1. The number of carbonyl (C=O) groups excluding carboxylic acids is 1. The van der Waals surface area contributed by atoms with Gasteiger partial charge in [0, 0.05) is 13.1 Å². The minimum Gasteiger partial charge on any atom is -0.480 e. The van der Waals surface area contributed by atoms with Gasteiger partial charge >= 0.3 is 6.03 Å².